The Hall–Kier alpha value is -2.40. The zero-order chi connectivity index (χ0) is 17.0. The van der Waals surface area contributed by atoms with Crippen molar-refractivity contribution in [2.45, 2.75) is 25.9 Å². The van der Waals surface area contributed by atoms with Crippen LogP contribution in [0.2, 0.25) is 0 Å². The lowest BCUT2D eigenvalue weighted by Gasteiger charge is -2.24. The van der Waals surface area contributed by atoms with Crippen LogP contribution < -0.4 is 9.47 Å². The van der Waals surface area contributed by atoms with E-state index in [9.17, 15) is 9.90 Å². The smallest absolute Gasteiger partial charge is 0.169 e. The van der Waals surface area contributed by atoms with E-state index in [2.05, 4.69) is 4.98 Å². The number of hydrogen-bond donors (Lipinski definition) is 1. The Bertz CT molecular complexity index is 710. The minimum atomic E-state index is -1.35. The molecule has 0 saturated heterocycles. The first-order valence-corrected chi connectivity index (χ1v) is 7.28. The maximum atomic E-state index is 12.6. The fraction of sp³-hybridized carbons (Fsp3) is 0.333. The molecule has 0 fully saturated rings. The molecule has 0 spiro atoms. The number of aromatic nitrogens is 1. The quantitative estimate of drug-likeness (QED) is 0.830. The number of methoxy groups -OCH3 is 2. The highest BCUT2D eigenvalue weighted by Gasteiger charge is 2.31. The van der Waals surface area contributed by atoms with E-state index in [1.807, 2.05) is 13.0 Å². The molecule has 0 saturated carbocycles. The fourth-order valence-corrected chi connectivity index (χ4v) is 2.57. The molecule has 1 aromatic carbocycles. The largest absolute Gasteiger partial charge is 0.497 e. The third-order valence-corrected chi connectivity index (χ3v) is 3.73. The van der Waals surface area contributed by atoms with Gasteiger partial charge in [0.15, 0.2) is 5.78 Å². The Labute approximate surface area is 135 Å². The molecule has 0 amide bonds. The van der Waals surface area contributed by atoms with Crippen LogP contribution in [0.1, 0.15) is 35.0 Å². The van der Waals surface area contributed by atoms with E-state index in [1.165, 1.54) is 7.11 Å². The van der Waals surface area contributed by atoms with Crippen molar-refractivity contribution < 1.29 is 19.4 Å². The Balaban J connectivity index is 2.30. The molecule has 0 aliphatic heterocycles. The van der Waals surface area contributed by atoms with Gasteiger partial charge in [0.1, 0.15) is 17.1 Å². The highest BCUT2D eigenvalue weighted by molar-refractivity contribution is 5.99. The molecule has 1 unspecified atom stereocenters. The predicted molar refractivity (Wildman–Crippen MR) is 87.0 cm³/mol. The van der Waals surface area contributed by atoms with Crippen molar-refractivity contribution in [1.82, 2.24) is 4.98 Å². The molecule has 5 nitrogen and oxygen atoms in total. The summed E-state index contributed by atoms with van der Waals surface area (Å²) in [7, 11) is 3.04. The average molecular weight is 315 g/mol. The first-order chi connectivity index (χ1) is 10.9. The average Bonchev–Trinajstić information content (AvgIpc) is 2.53. The molecule has 1 aromatic heterocycles. The molecule has 0 aliphatic rings. The van der Waals surface area contributed by atoms with Gasteiger partial charge in [-0.25, -0.2) is 0 Å². The molecule has 1 heterocycles. The second-order valence-corrected chi connectivity index (χ2v) is 5.61. The molecule has 2 rings (SSSR count). The standard InChI is InChI=1S/C18H21NO4/c1-12-6-5-9-19-17(12)18(2,21)11-15(20)14-8-7-13(22-3)10-16(14)23-4/h5-10,21H,11H2,1-4H3. The summed E-state index contributed by atoms with van der Waals surface area (Å²) in [5.74, 6) is 0.799. The topological polar surface area (TPSA) is 68.7 Å². The van der Waals surface area contributed by atoms with E-state index in [1.54, 1.807) is 44.5 Å². The molecule has 23 heavy (non-hydrogen) atoms. The van der Waals surface area contributed by atoms with Crippen LogP contribution in [-0.4, -0.2) is 30.1 Å². The summed E-state index contributed by atoms with van der Waals surface area (Å²) < 4.78 is 10.4. The summed E-state index contributed by atoms with van der Waals surface area (Å²) in [6, 6.07) is 8.63. The number of aryl methyl sites for hydroxylation is 1. The van der Waals surface area contributed by atoms with Crippen LogP contribution in [0, 0.1) is 6.92 Å². The highest BCUT2D eigenvalue weighted by Crippen LogP contribution is 2.31. The Kier molecular flexibility index (Phi) is 5.01. The second kappa shape index (κ2) is 6.79. The Morgan fingerprint density at radius 1 is 1.26 bits per heavy atom. The van der Waals surface area contributed by atoms with Gasteiger partial charge in [-0.05, 0) is 37.6 Å². The molecule has 0 radical (unpaired) electrons. The molecule has 5 heteroatoms. The molecule has 2 aromatic rings. The third kappa shape index (κ3) is 3.68. The molecule has 1 atom stereocenters. The minimum Gasteiger partial charge on any atom is -0.497 e. The number of rotatable bonds is 6. The number of pyridine rings is 1. The third-order valence-electron chi connectivity index (χ3n) is 3.73. The zero-order valence-corrected chi connectivity index (χ0v) is 13.8. The van der Waals surface area contributed by atoms with Gasteiger partial charge in [-0.2, -0.15) is 0 Å². The molecular formula is C18H21NO4. The van der Waals surface area contributed by atoms with E-state index < -0.39 is 5.60 Å². The number of carbonyl (C=O) groups excluding carboxylic acids is 1. The molecule has 0 aliphatic carbocycles. The van der Waals surface area contributed by atoms with Gasteiger partial charge >= 0.3 is 0 Å². The van der Waals surface area contributed by atoms with Crippen LogP contribution in [-0.2, 0) is 5.60 Å². The van der Waals surface area contributed by atoms with Crippen molar-refractivity contribution in [2.75, 3.05) is 14.2 Å². The van der Waals surface area contributed by atoms with Crippen LogP contribution in [0.4, 0.5) is 0 Å². The number of ether oxygens (including phenoxy) is 2. The normalized spacial score (nSPS) is 13.3. The fourth-order valence-electron chi connectivity index (χ4n) is 2.57. The number of carbonyl (C=O) groups is 1. The van der Waals surface area contributed by atoms with Crippen LogP contribution >= 0.6 is 0 Å². The van der Waals surface area contributed by atoms with E-state index in [-0.39, 0.29) is 12.2 Å². The molecule has 122 valence electrons. The van der Waals surface area contributed by atoms with Gasteiger partial charge in [0.25, 0.3) is 0 Å². The van der Waals surface area contributed by atoms with E-state index in [4.69, 9.17) is 9.47 Å². The summed E-state index contributed by atoms with van der Waals surface area (Å²) in [5.41, 5.74) is 0.392. The van der Waals surface area contributed by atoms with E-state index in [0.29, 0.717) is 22.8 Å². The number of Topliss-reactive ketones (excluding diaryl/α,β-unsaturated/α-hetero) is 1. The molecule has 0 bridgehead atoms. The van der Waals surface area contributed by atoms with Gasteiger partial charge in [0.05, 0.1) is 25.5 Å². The van der Waals surface area contributed by atoms with Crippen molar-refractivity contribution in [3.63, 3.8) is 0 Å². The maximum absolute atomic E-state index is 12.6. The minimum absolute atomic E-state index is 0.0897. The Morgan fingerprint density at radius 3 is 2.61 bits per heavy atom. The number of ketones is 1. The molecular weight excluding hydrogens is 294 g/mol. The summed E-state index contributed by atoms with van der Waals surface area (Å²) in [6.07, 6.45) is 1.52. The van der Waals surface area contributed by atoms with E-state index >= 15 is 0 Å². The monoisotopic (exact) mass is 315 g/mol. The van der Waals surface area contributed by atoms with Gasteiger partial charge in [0, 0.05) is 18.7 Å². The lowest BCUT2D eigenvalue weighted by atomic mass is 9.90. The van der Waals surface area contributed by atoms with Crippen molar-refractivity contribution in [1.29, 1.82) is 0 Å². The second-order valence-electron chi connectivity index (χ2n) is 5.61. The highest BCUT2D eigenvalue weighted by atomic mass is 16.5. The van der Waals surface area contributed by atoms with Crippen LogP contribution in [0.3, 0.4) is 0 Å². The van der Waals surface area contributed by atoms with Crippen LogP contribution in [0.5, 0.6) is 11.5 Å². The first kappa shape index (κ1) is 17.0. The van der Waals surface area contributed by atoms with Crippen molar-refractivity contribution >= 4 is 5.78 Å². The van der Waals surface area contributed by atoms with Crippen LogP contribution in [0.25, 0.3) is 0 Å². The van der Waals surface area contributed by atoms with Gasteiger partial charge in [-0.3, -0.25) is 9.78 Å². The van der Waals surface area contributed by atoms with Gasteiger partial charge in [0.2, 0.25) is 0 Å². The molecule has 1 N–H and O–H groups in total. The summed E-state index contributed by atoms with van der Waals surface area (Å²) >= 11 is 0. The summed E-state index contributed by atoms with van der Waals surface area (Å²) in [4.78, 5) is 16.8. The number of aliphatic hydroxyl groups is 1. The van der Waals surface area contributed by atoms with Crippen molar-refractivity contribution in [3.05, 3.63) is 53.3 Å². The number of nitrogens with zero attached hydrogens (tertiary/aromatic N) is 1. The lowest BCUT2D eigenvalue weighted by molar-refractivity contribution is 0.0392. The van der Waals surface area contributed by atoms with Crippen molar-refractivity contribution in [2.24, 2.45) is 0 Å². The van der Waals surface area contributed by atoms with Gasteiger partial charge < -0.3 is 14.6 Å². The van der Waals surface area contributed by atoms with Gasteiger partial charge in [-0.15, -0.1) is 0 Å². The Morgan fingerprint density at radius 2 is 2.00 bits per heavy atom. The van der Waals surface area contributed by atoms with Crippen molar-refractivity contribution in [3.8, 4) is 11.5 Å². The SMILES string of the molecule is COc1ccc(C(=O)CC(C)(O)c2ncccc2C)c(OC)c1. The summed E-state index contributed by atoms with van der Waals surface area (Å²) in [5, 5.41) is 10.7. The number of benzene rings is 1. The number of hydrogen-bond acceptors (Lipinski definition) is 5. The maximum Gasteiger partial charge on any atom is 0.169 e. The lowest BCUT2D eigenvalue weighted by Crippen LogP contribution is -2.27. The zero-order valence-electron chi connectivity index (χ0n) is 13.8. The van der Waals surface area contributed by atoms with E-state index in [0.717, 1.165) is 5.56 Å². The predicted octanol–water partition coefficient (Wildman–Crippen LogP) is 2.89. The van der Waals surface area contributed by atoms with Gasteiger partial charge in [-0.1, -0.05) is 6.07 Å². The summed E-state index contributed by atoms with van der Waals surface area (Å²) in [6.45, 7) is 3.45. The van der Waals surface area contributed by atoms with Crippen LogP contribution in [0.15, 0.2) is 36.5 Å². The first-order valence-electron chi connectivity index (χ1n) is 7.28.